The van der Waals surface area contributed by atoms with E-state index in [1.165, 1.54) is 44.9 Å². The molecule has 1 spiro atoms. The van der Waals surface area contributed by atoms with Gasteiger partial charge in [-0.05, 0) is 45.1 Å². The Kier molecular flexibility index (Phi) is 4.08. The molecule has 98 valence electrons. The third-order valence-corrected chi connectivity index (χ3v) is 4.85. The fourth-order valence-electron chi connectivity index (χ4n) is 3.40. The van der Waals surface area contributed by atoms with Gasteiger partial charge in [0.15, 0.2) is 0 Å². The maximum atomic E-state index is 12.1. The lowest BCUT2D eigenvalue weighted by Crippen LogP contribution is -2.49. The van der Waals surface area contributed by atoms with Gasteiger partial charge in [0, 0.05) is 13.1 Å². The molecule has 3 nitrogen and oxygen atoms in total. The smallest absolute Gasteiger partial charge is 0.239 e. The minimum atomic E-state index is -0.0320. The standard InChI is InChI=1S/C14H26N2O/c1-12(15-2)13(17)16-10-8-14(9-11-16)6-4-3-5-7-14/h12,15H,3-11H2,1-2H3. The SMILES string of the molecule is CNC(C)C(=O)N1CCC2(CCCCC2)CC1. The van der Waals surface area contributed by atoms with E-state index in [-0.39, 0.29) is 11.9 Å². The molecule has 1 N–H and O–H groups in total. The Morgan fingerprint density at radius 1 is 1.12 bits per heavy atom. The lowest BCUT2D eigenvalue weighted by Gasteiger charge is -2.44. The van der Waals surface area contributed by atoms with Gasteiger partial charge in [0.1, 0.15) is 0 Å². The summed E-state index contributed by atoms with van der Waals surface area (Å²) in [6.45, 7) is 3.91. The summed E-state index contributed by atoms with van der Waals surface area (Å²) in [5.41, 5.74) is 0.595. The van der Waals surface area contributed by atoms with Gasteiger partial charge in [-0.2, -0.15) is 0 Å². The van der Waals surface area contributed by atoms with E-state index in [2.05, 4.69) is 10.2 Å². The van der Waals surface area contributed by atoms with E-state index < -0.39 is 0 Å². The molecule has 2 rings (SSSR count). The number of amides is 1. The Hall–Kier alpha value is -0.570. The highest BCUT2D eigenvalue weighted by molar-refractivity contribution is 5.81. The molecular weight excluding hydrogens is 212 g/mol. The lowest BCUT2D eigenvalue weighted by atomic mass is 9.68. The van der Waals surface area contributed by atoms with E-state index in [4.69, 9.17) is 0 Å². The summed E-state index contributed by atoms with van der Waals surface area (Å²) in [5, 5.41) is 3.04. The molecule has 0 radical (unpaired) electrons. The normalized spacial score (nSPS) is 25.9. The van der Waals surface area contributed by atoms with Crippen LogP contribution in [0.4, 0.5) is 0 Å². The molecule has 1 amide bonds. The first-order chi connectivity index (χ1) is 8.17. The number of nitrogens with zero attached hydrogens (tertiary/aromatic N) is 1. The van der Waals surface area contributed by atoms with Crippen LogP contribution in [0.1, 0.15) is 51.9 Å². The monoisotopic (exact) mass is 238 g/mol. The summed E-state index contributed by atoms with van der Waals surface area (Å²) in [6, 6.07) is -0.0320. The van der Waals surface area contributed by atoms with Gasteiger partial charge in [0.25, 0.3) is 0 Å². The van der Waals surface area contributed by atoms with Crippen LogP contribution >= 0.6 is 0 Å². The van der Waals surface area contributed by atoms with Crippen molar-refractivity contribution < 1.29 is 4.79 Å². The van der Waals surface area contributed by atoms with E-state index in [0.717, 1.165) is 13.1 Å². The zero-order valence-corrected chi connectivity index (χ0v) is 11.3. The molecule has 0 aromatic rings. The highest BCUT2D eigenvalue weighted by Crippen LogP contribution is 2.44. The van der Waals surface area contributed by atoms with Crippen LogP contribution in [-0.2, 0) is 4.79 Å². The van der Waals surface area contributed by atoms with Crippen molar-refractivity contribution in [2.24, 2.45) is 5.41 Å². The predicted molar refractivity (Wildman–Crippen MR) is 69.9 cm³/mol. The second-order valence-electron chi connectivity index (χ2n) is 5.90. The Morgan fingerprint density at radius 2 is 1.71 bits per heavy atom. The highest BCUT2D eigenvalue weighted by atomic mass is 16.2. The fraction of sp³-hybridized carbons (Fsp3) is 0.929. The van der Waals surface area contributed by atoms with Gasteiger partial charge in [-0.1, -0.05) is 19.3 Å². The van der Waals surface area contributed by atoms with Gasteiger partial charge in [-0.25, -0.2) is 0 Å². The Bertz CT molecular complexity index is 261. The van der Waals surface area contributed by atoms with E-state index in [1.54, 1.807) is 0 Å². The molecule has 17 heavy (non-hydrogen) atoms. The van der Waals surface area contributed by atoms with Crippen LogP contribution in [0.25, 0.3) is 0 Å². The third kappa shape index (κ3) is 2.82. The first-order valence-electron chi connectivity index (χ1n) is 7.13. The van der Waals surface area contributed by atoms with Gasteiger partial charge in [0.2, 0.25) is 5.91 Å². The van der Waals surface area contributed by atoms with Crippen molar-refractivity contribution in [2.45, 2.75) is 57.9 Å². The number of carbonyl (C=O) groups is 1. The van der Waals surface area contributed by atoms with E-state index in [1.807, 2.05) is 14.0 Å². The number of nitrogens with one attached hydrogen (secondary N) is 1. The first-order valence-corrected chi connectivity index (χ1v) is 7.13. The van der Waals surface area contributed by atoms with Gasteiger partial charge in [-0.15, -0.1) is 0 Å². The molecular formula is C14H26N2O. The van der Waals surface area contributed by atoms with Crippen LogP contribution < -0.4 is 5.32 Å². The van der Waals surface area contributed by atoms with Gasteiger partial charge < -0.3 is 10.2 Å². The quantitative estimate of drug-likeness (QED) is 0.799. The van der Waals surface area contributed by atoms with Crippen molar-refractivity contribution in [1.82, 2.24) is 10.2 Å². The van der Waals surface area contributed by atoms with Crippen LogP contribution in [0, 0.1) is 5.41 Å². The molecule has 1 saturated carbocycles. The van der Waals surface area contributed by atoms with Crippen molar-refractivity contribution in [2.75, 3.05) is 20.1 Å². The van der Waals surface area contributed by atoms with Crippen LogP contribution in [0.15, 0.2) is 0 Å². The number of likely N-dealkylation sites (tertiary alicyclic amines) is 1. The maximum absolute atomic E-state index is 12.1. The first kappa shape index (κ1) is 12.9. The van der Waals surface area contributed by atoms with Crippen molar-refractivity contribution in [3.8, 4) is 0 Å². The largest absolute Gasteiger partial charge is 0.341 e. The summed E-state index contributed by atoms with van der Waals surface area (Å²) >= 11 is 0. The predicted octanol–water partition coefficient (Wildman–Crippen LogP) is 2.17. The topological polar surface area (TPSA) is 32.3 Å². The minimum Gasteiger partial charge on any atom is -0.341 e. The van der Waals surface area contributed by atoms with Crippen molar-refractivity contribution in [3.05, 3.63) is 0 Å². The summed E-state index contributed by atoms with van der Waals surface area (Å²) in [4.78, 5) is 14.1. The van der Waals surface area contributed by atoms with Gasteiger partial charge in [-0.3, -0.25) is 4.79 Å². The van der Waals surface area contributed by atoms with Crippen LogP contribution in [0.2, 0.25) is 0 Å². The summed E-state index contributed by atoms with van der Waals surface area (Å²) in [6.07, 6.45) is 9.49. The number of rotatable bonds is 2. The second-order valence-corrected chi connectivity index (χ2v) is 5.90. The highest BCUT2D eigenvalue weighted by Gasteiger charge is 2.37. The van der Waals surface area contributed by atoms with Crippen LogP contribution in [-0.4, -0.2) is 37.0 Å². The number of hydrogen-bond acceptors (Lipinski definition) is 2. The zero-order valence-electron chi connectivity index (χ0n) is 11.3. The van der Waals surface area contributed by atoms with E-state index in [9.17, 15) is 4.79 Å². The van der Waals surface area contributed by atoms with Gasteiger partial charge in [0.05, 0.1) is 6.04 Å². The van der Waals surface area contributed by atoms with Crippen LogP contribution in [0.3, 0.4) is 0 Å². The molecule has 0 bridgehead atoms. The molecule has 2 fully saturated rings. The molecule has 0 aromatic carbocycles. The van der Waals surface area contributed by atoms with E-state index >= 15 is 0 Å². The fourth-order valence-corrected chi connectivity index (χ4v) is 3.40. The molecule has 0 aromatic heterocycles. The molecule has 1 heterocycles. The molecule has 1 saturated heterocycles. The molecule has 2 aliphatic rings. The van der Waals surface area contributed by atoms with Crippen molar-refractivity contribution in [1.29, 1.82) is 0 Å². The molecule has 3 heteroatoms. The Balaban J connectivity index is 1.87. The Labute approximate surface area is 105 Å². The molecule has 1 atom stereocenters. The van der Waals surface area contributed by atoms with Crippen molar-refractivity contribution in [3.63, 3.8) is 0 Å². The summed E-state index contributed by atoms with van der Waals surface area (Å²) in [5.74, 6) is 0.276. The zero-order chi connectivity index (χ0) is 12.3. The Morgan fingerprint density at radius 3 is 2.24 bits per heavy atom. The summed E-state index contributed by atoms with van der Waals surface area (Å²) < 4.78 is 0. The van der Waals surface area contributed by atoms with Crippen LogP contribution in [0.5, 0.6) is 0 Å². The second kappa shape index (κ2) is 5.38. The lowest BCUT2D eigenvalue weighted by molar-refractivity contribution is -0.135. The number of piperidine rings is 1. The average Bonchev–Trinajstić information content (AvgIpc) is 2.39. The number of likely N-dealkylation sites (N-methyl/N-ethyl adjacent to an activating group) is 1. The third-order valence-electron chi connectivity index (χ3n) is 4.85. The number of hydrogen-bond donors (Lipinski definition) is 1. The molecule has 1 aliphatic carbocycles. The minimum absolute atomic E-state index is 0.0320. The van der Waals surface area contributed by atoms with Crippen molar-refractivity contribution >= 4 is 5.91 Å². The molecule has 1 unspecified atom stereocenters. The van der Waals surface area contributed by atoms with Gasteiger partial charge >= 0.3 is 0 Å². The average molecular weight is 238 g/mol. The maximum Gasteiger partial charge on any atom is 0.239 e. The summed E-state index contributed by atoms with van der Waals surface area (Å²) in [7, 11) is 1.86. The van der Waals surface area contributed by atoms with E-state index in [0.29, 0.717) is 5.41 Å². The molecule has 1 aliphatic heterocycles. The number of carbonyl (C=O) groups excluding carboxylic acids is 1.